The van der Waals surface area contributed by atoms with E-state index in [9.17, 15) is 14.3 Å². The van der Waals surface area contributed by atoms with E-state index in [1.165, 1.54) is 24.3 Å². The first-order chi connectivity index (χ1) is 16.7. The van der Waals surface area contributed by atoms with Crippen molar-refractivity contribution in [2.45, 2.75) is 13.8 Å². The molecule has 0 atom stereocenters. The number of hydrogen-bond acceptors (Lipinski definition) is 4. The topological polar surface area (TPSA) is 90.1 Å². The van der Waals surface area contributed by atoms with Crippen molar-refractivity contribution in [3.05, 3.63) is 89.2 Å². The largest absolute Gasteiger partial charge is 0.494 e. The molecule has 4 rings (SSSR count). The third-order valence-corrected chi connectivity index (χ3v) is 6.05. The van der Waals surface area contributed by atoms with Crippen molar-refractivity contribution >= 4 is 45.6 Å². The highest BCUT2D eigenvalue weighted by molar-refractivity contribution is 7.80. The molecule has 0 aliphatic rings. The maximum absolute atomic E-state index is 14.2. The van der Waals surface area contributed by atoms with E-state index in [0.29, 0.717) is 27.9 Å². The van der Waals surface area contributed by atoms with Crippen molar-refractivity contribution in [3.8, 4) is 11.6 Å². The molecular weight excluding hydrogens is 467 g/mol. The number of carbonyl (C=O) groups is 1. The average molecular weight is 491 g/mol. The summed E-state index contributed by atoms with van der Waals surface area (Å²) in [6, 6.07) is 18.2. The van der Waals surface area contributed by atoms with Crippen LogP contribution in [0.25, 0.3) is 16.6 Å². The molecule has 3 aromatic carbocycles. The number of benzene rings is 3. The molecule has 0 aliphatic carbocycles. The van der Waals surface area contributed by atoms with E-state index in [2.05, 4.69) is 10.5 Å². The second-order valence-electron chi connectivity index (χ2n) is 8.06. The van der Waals surface area contributed by atoms with Crippen LogP contribution in [0.5, 0.6) is 5.88 Å². The molecule has 0 unspecified atom stereocenters. The van der Waals surface area contributed by atoms with Gasteiger partial charge in [-0.25, -0.2) is 9.18 Å². The molecule has 0 amide bonds. The van der Waals surface area contributed by atoms with Crippen LogP contribution in [0.3, 0.4) is 0 Å². The molecule has 0 saturated heterocycles. The van der Waals surface area contributed by atoms with Crippen molar-refractivity contribution in [3.63, 3.8) is 0 Å². The summed E-state index contributed by atoms with van der Waals surface area (Å²) in [6.45, 7) is 3.66. The minimum absolute atomic E-state index is 0.0685. The molecule has 1 aromatic heterocycles. The summed E-state index contributed by atoms with van der Waals surface area (Å²) in [4.78, 5) is 12.7. The minimum Gasteiger partial charge on any atom is -0.494 e. The summed E-state index contributed by atoms with van der Waals surface area (Å²) in [5.41, 5.74) is 6.86. The number of aromatic nitrogens is 1. The second-order valence-corrected chi connectivity index (χ2v) is 8.44. The van der Waals surface area contributed by atoms with Gasteiger partial charge in [0.1, 0.15) is 5.82 Å². The summed E-state index contributed by atoms with van der Waals surface area (Å²) in [6.07, 6.45) is 0. The molecule has 0 fully saturated rings. The van der Waals surface area contributed by atoms with E-state index in [1.807, 2.05) is 31.2 Å². The van der Waals surface area contributed by atoms with E-state index in [-0.39, 0.29) is 16.6 Å². The fourth-order valence-corrected chi connectivity index (χ4v) is 3.92. The van der Waals surface area contributed by atoms with Gasteiger partial charge in [-0.15, -0.1) is 0 Å². The lowest BCUT2D eigenvalue weighted by Gasteiger charge is -2.19. The van der Waals surface area contributed by atoms with Crippen molar-refractivity contribution in [2.75, 3.05) is 11.9 Å². The number of aryl methyl sites for hydroxylation is 1. The van der Waals surface area contributed by atoms with Gasteiger partial charge in [0.05, 0.1) is 22.4 Å². The van der Waals surface area contributed by atoms with Crippen molar-refractivity contribution in [1.82, 2.24) is 9.99 Å². The number of hydrogen-bond donors (Lipinski definition) is 3. The van der Waals surface area contributed by atoms with Gasteiger partial charge in [0.25, 0.3) is 0 Å². The maximum Gasteiger partial charge on any atom is 0.335 e. The zero-order chi connectivity index (χ0) is 25.3. The molecule has 7 nitrogen and oxygen atoms in total. The SMILES string of the molecule is C/C(=N\NC(=S)N(C)c1ccc(C(=O)O)cc1)c1c(O)n(-c2ccc(C)cc2)c2ccc(F)cc12. The van der Waals surface area contributed by atoms with Gasteiger partial charge in [0.2, 0.25) is 5.88 Å². The quantitative estimate of drug-likeness (QED) is 0.202. The molecule has 4 aromatic rings. The molecule has 0 saturated carbocycles. The van der Waals surface area contributed by atoms with Crippen LogP contribution in [0.1, 0.15) is 28.4 Å². The standard InChI is InChI=1S/C26H23FN4O3S/c1-15-4-9-20(10-5-15)31-22-13-8-18(27)14-21(22)23(24(31)32)16(2)28-29-26(35)30(3)19-11-6-17(7-12-19)25(33)34/h4-14,32H,1-3H3,(H,29,35)(H,33,34)/b28-16+. The summed E-state index contributed by atoms with van der Waals surface area (Å²) >= 11 is 5.42. The number of aromatic carboxylic acids is 1. The number of rotatable bonds is 5. The number of anilines is 1. The van der Waals surface area contributed by atoms with E-state index >= 15 is 0 Å². The van der Waals surface area contributed by atoms with Crippen LogP contribution in [-0.2, 0) is 0 Å². The Morgan fingerprint density at radius 1 is 1.09 bits per heavy atom. The van der Waals surface area contributed by atoms with Crippen LogP contribution in [0.2, 0.25) is 0 Å². The lowest BCUT2D eigenvalue weighted by molar-refractivity contribution is 0.0697. The minimum atomic E-state index is -1.01. The molecule has 3 N–H and O–H groups in total. The zero-order valence-electron chi connectivity index (χ0n) is 19.3. The van der Waals surface area contributed by atoms with Crippen LogP contribution in [0, 0.1) is 12.7 Å². The molecule has 0 bridgehead atoms. The van der Waals surface area contributed by atoms with Crippen LogP contribution >= 0.6 is 12.2 Å². The first kappa shape index (κ1) is 23.9. The highest BCUT2D eigenvalue weighted by Crippen LogP contribution is 2.35. The van der Waals surface area contributed by atoms with Crippen LogP contribution in [0.4, 0.5) is 10.1 Å². The Kier molecular flexibility index (Phi) is 6.52. The van der Waals surface area contributed by atoms with Crippen molar-refractivity contribution in [1.29, 1.82) is 0 Å². The van der Waals surface area contributed by atoms with E-state index in [1.54, 1.807) is 41.6 Å². The maximum atomic E-state index is 14.2. The number of hydrazone groups is 1. The molecule has 35 heavy (non-hydrogen) atoms. The normalized spacial score (nSPS) is 11.5. The predicted molar refractivity (Wildman–Crippen MR) is 139 cm³/mol. The fraction of sp³-hybridized carbons (Fsp3) is 0.115. The third kappa shape index (κ3) is 4.71. The first-order valence-electron chi connectivity index (χ1n) is 10.7. The lowest BCUT2D eigenvalue weighted by atomic mass is 10.1. The smallest absolute Gasteiger partial charge is 0.335 e. The highest BCUT2D eigenvalue weighted by Gasteiger charge is 2.21. The van der Waals surface area contributed by atoms with Crippen LogP contribution in [0.15, 0.2) is 71.8 Å². The number of halogens is 1. The van der Waals surface area contributed by atoms with E-state index < -0.39 is 11.8 Å². The van der Waals surface area contributed by atoms with Gasteiger partial charge < -0.3 is 15.1 Å². The Balaban J connectivity index is 1.67. The lowest BCUT2D eigenvalue weighted by Crippen LogP contribution is -2.34. The van der Waals surface area contributed by atoms with Crippen LogP contribution < -0.4 is 10.3 Å². The number of carboxylic acid groups (broad SMARTS) is 1. The summed E-state index contributed by atoms with van der Waals surface area (Å²) in [7, 11) is 1.71. The Bertz CT molecular complexity index is 1460. The monoisotopic (exact) mass is 490 g/mol. The van der Waals surface area contributed by atoms with Gasteiger partial charge in [-0.3, -0.25) is 9.99 Å². The van der Waals surface area contributed by atoms with Gasteiger partial charge in [-0.2, -0.15) is 5.10 Å². The van der Waals surface area contributed by atoms with Gasteiger partial charge in [-0.05, 0) is 80.7 Å². The third-order valence-electron chi connectivity index (χ3n) is 5.68. The predicted octanol–water partition coefficient (Wildman–Crippen LogP) is 5.22. The van der Waals surface area contributed by atoms with Gasteiger partial charge in [-0.1, -0.05) is 17.7 Å². The molecule has 0 spiro atoms. The van der Waals surface area contributed by atoms with Crippen molar-refractivity contribution in [2.24, 2.45) is 5.10 Å². The number of nitrogens with one attached hydrogen (secondary N) is 1. The number of aromatic hydroxyl groups is 1. The summed E-state index contributed by atoms with van der Waals surface area (Å²) < 4.78 is 15.8. The molecule has 9 heteroatoms. The summed E-state index contributed by atoms with van der Waals surface area (Å²) in [5, 5.41) is 25.3. The Labute approximate surface area is 206 Å². The summed E-state index contributed by atoms with van der Waals surface area (Å²) in [5.74, 6) is -1.51. The fourth-order valence-electron chi connectivity index (χ4n) is 3.77. The average Bonchev–Trinajstić information content (AvgIpc) is 3.13. The molecule has 178 valence electrons. The molecule has 0 aliphatic heterocycles. The number of fused-ring (bicyclic) bond motifs is 1. The van der Waals surface area contributed by atoms with E-state index in [4.69, 9.17) is 17.3 Å². The first-order valence-corrected chi connectivity index (χ1v) is 11.1. The van der Waals surface area contributed by atoms with Crippen molar-refractivity contribution < 1.29 is 19.4 Å². The highest BCUT2D eigenvalue weighted by atomic mass is 32.1. The molecule has 0 radical (unpaired) electrons. The zero-order valence-corrected chi connectivity index (χ0v) is 20.1. The Morgan fingerprint density at radius 2 is 1.74 bits per heavy atom. The Hall–Kier alpha value is -4.24. The second kappa shape index (κ2) is 9.55. The van der Waals surface area contributed by atoms with E-state index in [0.717, 1.165) is 11.3 Å². The molecular formula is C26H23FN4O3S. The molecule has 1 heterocycles. The van der Waals surface area contributed by atoms with Gasteiger partial charge in [0, 0.05) is 23.8 Å². The van der Waals surface area contributed by atoms with Crippen LogP contribution in [-0.4, -0.2) is 38.6 Å². The van der Waals surface area contributed by atoms with Gasteiger partial charge in [0.15, 0.2) is 5.11 Å². The Morgan fingerprint density at radius 3 is 2.37 bits per heavy atom. The number of carboxylic acids is 1. The number of nitrogens with zero attached hydrogens (tertiary/aromatic N) is 3. The van der Waals surface area contributed by atoms with Gasteiger partial charge >= 0.3 is 5.97 Å². The number of thiocarbonyl (C=S) groups is 1.